The third-order valence-electron chi connectivity index (χ3n) is 5.04. The van der Waals surface area contributed by atoms with Crippen LogP contribution >= 0.6 is 0 Å². The van der Waals surface area contributed by atoms with Crippen molar-refractivity contribution in [3.63, 3.8) is 0 Å². The Morgan fingerprint density at radius 3 is 2.42 bits per heavy atom. The first-order valence-electron chi connectivity index (χ1n) is 7.84. The van der Waals surface area contributed by atoms with Gasteiger partial charge in [-0.3, -0.25) is 4.90 Å². The van der Waals surface area contributed by atoms with E-state index in [-0.39, 0.29) is 16.7 Å². The molecule has 0 aromatic carbocycles. The summed E-state index contributed by atoms with van der Waals surface area (Å²) in [7, 11) is 0. The maximum Gasteiger partial charge on any atom is 0.0710 e. The molecular weight excluding hydrogens is 236 g/mol. The predicted octanol–water partition coefficient (Wildman–Crippen LogP) is 2.80. The van der Waals surface area contributed by atoms with Crippen molar-refractivity contribution in [2.75, 3.05) is 19.6 Å². The molecule has 2 rings (SSSR count). The van der Waals surface area contributed by atoms with E-state index in [1.807, 2.05) is 0 Å². The van der Waals surface area contributed by atoms with E-state index >= 15 is 0 Å². The van der Waals surface area contributed by atoms with Crippen molar-refractivity contribution >= 4 is 0 Å². The van der Waals surface area contributed by atoms with Gasteiger partial charge in [-0.05, 0) is 53.9 Å². The Morgan fingerprint density at radius 1 is 1.21 bits per heavy atom. The molecule has 1 N–H and O–H groups in total. The summed E-state index contributed by atoms with van der Waals surface area (Å²) in [6, 6.07) is 0. The van der Waals surface area contributed by atoms with Gasteiger partial charge in [-0.1, -0.05) is 6.92 Å². The van der Waals surface area contributed by atoms with Gasteiger partial charge in [0.1, 0.15) is 0 Å². The average molecular weight is 268 g/mol. The van der Waals surface area contributed by atoms with Crippen LogP contribution in [0.15, 0.2) is 0 Å². The summed E-state index contributed by atoms with van der Waals surface area (Å²) in [6.45, 7) is 17.0. The zero-order chi connectivity index (χ0) is 14.3. The molecule has 0 aromatic rings. The lowest BCUT2D eigenvalue weighted by Crippen LogP contribution is -2.67. The zero-order valence-electron chi connectivity index (χ0n) is 13.7. The molecule has 2 aliphatic heterocycles. The Bertz CT molecular complexity index is 327. The highest BCUT2D eigenvalue weighted by atomic mass is 16.5. The van der Waals surface area contributed by atoms with Crippen LogP contribution in [0.2, 0.25) is 0 Å². The van der Waals surface area contributed by atoms with E-state index in [9.17, 15) is 0 Å². The van der Waals surface area contributed by atoms with Crippen LogP contribution in [0.5, 0.6) is 0 Å². The van der Waals surface area contributed by atoms with Gasteiger partial charge in [0.25, 0.3) is 0 Å². The number of ether oxygens (including phenoxy) is 1. The number of piperazine rings is 1. The highest BCUT2D eigenvalue weighted by Gasteiger charge is 2.42. The third-order valence-corrected chi connectivity index (χ3v) is 5.04. The normalized spacial score (nSPS) is 38.5. The maximum absolute atomic E-state index is 6.20. The predicted molar refractivity (Wildman–Crippen MR) is 80.5 cm³/mol. The molecule has 0 radical (unpaired) electrons. The van der Waals surface area contributed by atoms with E-state index in [2.05, 4.69) is 51.8 Å². The molecule has 0 aliphatic carbocycles. The summed E-state index contributed by atoms with van der Waals surface area (Å²) in [6.07, 6.45) is 3.99. The number of nitrogens with zero attached hydrogens (tertiary/aromatic N) is 1. The van der Waals surface area contributed by atoms with Crippen LogP contribution in [0.25, 0.3) is 0 Å². The first kappa shape index (κ1) is 15.3. The minimum atomic E-state index is 0.0802. The monoisotopic (exact) mass is 268 g/mol. The summed E-state index contributed by atoms with van der Waals surface area (Å²) in [5, 5.41) is 3.69. The van der Waals surface area contributed by atoms with Gasteiger partial charge in [-0.25, -0.2) is 0 Å². The van der Waals surface area contributed by atoms with Crippen LogP contribution in [0.3, 0.4) is 0 Å². The summed E-state index contributed by atoms with van der Waals surface area (Å²) in [5.74, 6) is 0. The minimum Gasteiger partial charge on any atom is -0.371 e. The lowest BCUT2D eigenvalue weighted by Gasteiger charge is -2.51. The standard InChI is InChI=1S/C16H32N2O/c1-7-16(6)11-17-14(2,3)12-18(16)10-13-8-9-15(4,5)19-13/h13,17H,7-12H2,1-6H3. The van der Waals surface area contributed by atoms with Crippen LogP contribution in [0, 0.1) is 0 Å². The Hall–Kier alpha value is -0.120. The van der Waals surface area contributed by atoms with Crippen molar-refractivity contribution in [2.24, 2.45) is 0 Å². The minimum absolute atomic E-state index is 0.0802. The molecule has 3 nitrogen and oxygen atoms in total. The van der Waals surface area contributed by atoms with Gasteiger partial charge in [0.05, 0.1) is 11.7 Å². The van der Waals surface area contributed by atoms with Gasteiger partial charge in [0.2, 0.25) is 0 Å². The fraction of sp³-hybridized carbons (Fsp3) is 1.00. The summed E-state index contributed by atoms with van der Waals surface area (Å²) in [4.78, 5) is 2.66. The average Bonchev–Trinajstić information content (AvgIpc) is 2.63. The van der Waals surface area contributed by atoms with Gasteiger partial charge in [-0.15, -0.1) is 0 Å². The van der Waals surface area contributed by atoms with E-state index in [0.29, 0.717) is 6.10 Å². The van der Waals surface area contributed by atoms with E-state index in [4.69, 9.17) is 4.74 Å². The molecule has 0 saturated carbocycles. The molecule has 2 fully saturated rings. The third kappa shape index (κ3) is 3.50. The second kappa shape index (κ2) is 5.01. The number of hydrogen-bond acceptors (Lipinski definition) is 3. The zero-order valence-corrected chi connectivity index (χ0v) is 13.7. The Kier molecular flexibility index (Phi) is 4.03. The Morgan fingerprint density at radius 2 is 1.89 bits per heavy atom. The molecule has 2 heterocycles. The lowest BCUT2D eigenvalue weighted by atomic mass is 9.87. The molecule has 2 saturated heterocycles. The van der Waals surface area contributed by atoms with Crippen molar-refractivity contribution in [2.45, 2.75) is 83.6 Å². The second-order valence-electron chi connectivity index (χ2n) is 8.01. The van der Waals surface area contributed by atoms with Crippen LogP contribution in [-0.4, -0.2) is 47.3 Å². The molecule has 3 heteroatoms. The largest absolute Gasteiger partial charge is 0.371 e. The highest BCUT2D eigenvalue weighted by Crippen LogP contribution is 2.33. The van der Waals surface area contributed by atoms with Crippen molar-refractivity contribution < 1.29 is 4.74 Å². The number of hydrogen-bond donors (Lipinski definition) is 1. The van der Waals surface area contributed by atoms with Crippen molar-refractivity contribution in [3.8, 4) is 0 Å². The first-order chi connectivity index (χ1) is 8.66. The molecule has 19 heavy (non-hydrogen) atoms. The molecule has 2 aliphatic rings. The van der Waals surface area contributed by atoms with Gasteiger partial charge in [-0.2, -0.15) is 0 Å². The highest BCUT2D eigenvalue weighted by molar-refractivity contribution is 5.00. The molecule has 0 spiro atoms. The fourth-order valence-corrected chi connectivity index (χ4v) is 3.35. The van der Waals surface area contributed by atoms with Crippen molar-refractivity contribution in [1.29, 1.82) is 0 Å². The molecule has 2 unspecified atom stereocenters. The summed E-state index contributed by atoms with van der Waals surface area (Å²) >= 11 is 0. The summed E-state index contributed by atoms with van der Waals surface area (Å²) in [5.41, 5.74) is 0.561. The first-order valence-corrected chi connectivity index (χ1v) is 7.84. The van der Waals surface area contributed by atoms with Crippen LogP contribution in [0.4, 0.5) is 0 Å². The fourth-order valence-electron chi connectivity index (χ4n) is 3.35. The number of rotatable bonds is 3. The molecule has 0 bridgehead atoms. The van der Waals surface area contributed by atoms with Crippen molar-refractivity contribution in [3.05, 3.63) is 0 Å². The second-order valence-corrected chi connectivity index (χ2v) is 8.01. The van der Waals surface area contributed by atoms with E-state index in [1.165, 1.54) is 19.3 Å². The lowest BCUT2D eigenvalue weighted by molar-refractivity contribution is -0.0592. The summed E-state index contributed by atoms with van der Waals surface area (Å²) < 4.78 is 6.20. The van der Waals surface area contributed by atoms with Crippen molar-refractivity contribution in [1.82, 2.24) is 10.2 Å². The van der Waals surface area contributed by atoms with Gasteiger partial charge in [0.15, 0.2) is 0 Å². The smallest absolute Gasteiger partial charge is 0.0710 e. The molecule has 112 valence electrons. The number of nitrogens with one attached hydrogen (secondary N) is 1. The van der Waals surface area contributed by atoms with Gasteiger partial charge >= 0.3 is 0 Å². The van der Waals surface area contributed by atoms with Gasteiger partial charge < -0.3 is 10.1 Å². The van der Waals surface area contributed by atoms with E-state index in [1.54, 1.807) is 0 Å². The topological polar surface area (TPSA) is 24.5 Å². The quantitative estimate of drug-likeness (QED) is 0.852. The van der Waals surface area contributed by atoms with Crippen LogP contribution in [-0.2, 0) is 4.74 Å². The van der Waals surface area contributed by atoms with Gasteiger partial charge in [0, 0.05) is 30.7 Å². The Labute approximate surface area is 119 Å². The molecule has 2 atom stereocenters. The molecule has 0 amide bonds. The van der Waals surface area contributed by atoms with Crippen LogP contribution < -0.4 is 5.32 Å². The molecular formula is C16H32N2O. The molecule has 0 aromatic heterocycles. The van der Waals surface area contributed by atoms with E-state index in [0.717, 1.165) is 19.6 Å². The van der Waals surface area contributed by atoms with E-state index < -0.39 is 0 Å². The van der Waals surface area contributed by atoms with Crippen LogP contribution in [0.1, 0.15) is 60.8 Å². The maximum atomic E-state index is 6.20. The Balaban J connectivity index is 2.03. The SMILES string of the molecule is CCC1(C)CNC(C)(C)CN1CC1CCC(C)(C)O1.